The predicted molar refractivity (Wildman–Crippen MR) is 142 cm³/mol. The van der Waals surface area contributed by atoms with Crippen LogP contribution >= 0.6 is 11.8 Å². The average Bonchev–Trinajstić information content (AvgIpc) is 3.06. The molecule has 212 valence electrons. The third-order valence-corrected chi connectivity index (χ3v) is 11.5. The summed E-state index contributed by atoms with van der Waals surface area (Å²) >= 11 is 0.890. The SMILES string of the molecule is C[C@@H]1C[C@H]2[C@@H]3C[C@H](F)C4=CC(=O)C=C[C@]4(C)[C@@]3(F)[C@@H](O)C[C@]2(C)[C@@]1(OC(=O)C1CCC1)C(=O)SCC#CCO. The summed E-state index contributed by atoms with van der Waals surface area (Å²) in [6, 6.07) is 0. The van der Waals surface area contributed by atoms with Crippen LogP contribution in [0.25, 0.3) is 0 Å². The highest BCUT2D eigenvalue weighted by Crippen LogP contribution is 2.72. The van der Waals surface area contributed by atoms with Crippen LogP contribution in [0.15, 0.2) is 23.8 Å². The summed E-state index contributed by atoms with van der Waals surface area (Å²) in [5.74, 6) is 2.07. The van der Waals surface area contributed by atoms with Crippen LogP contribution in [0.2, 0.25) is 0 Å². The Morgan fingerprint density at radius 2 is 1.92 bits per heavy atom. The third-order valence-electron chi connectivity index (χ3n) is 10.7. The van der Waals surface area contributed by atoms with Crippen molar-refractivity contribution in [2.45, 2.75) is 82.8 Å². The molecule has 4 saturated carbocycles. The number of alkyl halides is 2. The van der Waals surface area contributed by atoms with E-state index >= 15 is 8.78 Å². The van der Waals surface area contributed by atoms with Crippen LogP contribution in [-0.2, 0) is 19.1 Å². The van der Waals surface area contributed by atoms with Gasteiger partial charge in [-0.1, -0.05) is 49.9 Å². The number of hydrogen-bond acceptors (Lipinski definition) is 7. The van der Waals surface area contributed by atoms with Gasteiger partial charge in [0.25, 0.3) is 0 Å². The van der Waals surface area contributed by atoms with E-state index in [0.29, 0.717) is 19.3 Å². The van der Waals surface area contributed by atoms with Crippen molar-refractivity contribution in [2.24, 2.45) is 34.5 Å². The van der Waals surface area contributed by atoms with Gasteiger partial charge in [0.1, 0.15) is 12.8 Å². The van der Waals surface area contributed by atoms with Gasteiger partial charge in [-0.25, -0.2) is 8.78 Å². The molecule has 5 aliphatic carbocycles. The molecule has 0 amide bonds. The van der Waals surface area contributed by atoms with Crippen molar-refractivity contribution < 1.29 is 38.1 Å². The maximum atomic E-state index is 17.5. The number of ether oxygens (including phenoxy) is 1. The second kappa shape index (κ2) is 9.81. The molecule has 0 saturated heterocycles. The van der Waals surface area contributed by atoms with Gasteiger partial charge in [-0.15, -0.1) is 0 Å². The van der Waals surface area contributed by atoms with E-state index in [2.05, 4.69) is 11.8 Å². The van der Waals surface area contributed by atoms with Crippen LogP contribution < -0.4 is 0 Å². The number of thioether (sulfide) groups is 1. The van der Waals surface area contributed by atoms with Gasteiger partial charge in [0.05, 0.1) is 17.8 Å². The van der Waals surface area contributed by atoms with E-state index in [1.807, 2.05) is 6.92 Å². The number of halogens is 2. The number of carbonyl (C=O) groups excluding carboxylic acids is 3. The van der Waals surface area contributed by atoms with E-state index in [4.69, 9.17) is 9.84 Å². The molecule has 0 bridgehead atoms. The lowest BCUT2D eigenvalue weighted by Gasteiger charge is -2.63. The van der Waals surface area contributed by atoms with Crippen LogP contribution in [0, 0.1) is 46.3 Å². The van der Waals surface area contributed by atoms with Crippen LogP contribution in [0.4, 0.5) is 8.78 Å². The summed E-state index contributed by atoms with van der Waals surface area (Å²) in [6.07, 6.45) is 2.75. The summed E-state index contributed by atoms with van der Waals surface area (Å²) < 4.78 is 39.5. The molecule has 2 N–H and O–H groups in total. The molecule has 5 rings (SSSR count). The Morgan fingerprint density at radius 3 is 2.56 bits per heavy atom. The molecular weight excluding hydrogens is 526 g/mol. The maximum Gasteiger partial charge on any atom is 0.309 e. The molecule has 0 aliphatic heterocycles. The van der Waals surface area contributed by atoms with Gasteiger partial charge in [-0.05, 0) is 62.7 Å². The molecule has 0 aromatic rings. The minimum atomic E-state index is -2.28. The van der Waals surface area contributed by atoms with Gasteiger partial charge in [0, 0.05) is 22.7 Å². The number of fused-ring (bicyclic) bond motifs is 5. The second-order valence-corrected chi connectivity index (χ2v) is 13.3. The number of aliphatic hydroxyl groups is 2. The van der Waals surface area contributed by atoms with Crippen LogP contribution in [0.3, 0.4) is 0 Å². The number of aliphatic hydroxyl groups excluding tert-OH is 2. The number of esters is 1. The van der Waals surface area contributed by atoms with Crippen molar-refractivity contribution in [3.05, 3.63) is 23.8 Å². The minimum absolute atomic E-state index is 0.0409. The van der Waals surface area contributed by atoms with Crippen LogP contribution in [-0.4, -0.2) is 63.0 Å². The summed E-state index contributed by atoms with van der Waals surface area (Å²) in [5, 5.41) is 20.2. The van der Waals surface area contributed by atoms with Crippen molar-refractivity contribution in [1.82, 2.24) is 0 Å². The molecule has 9 atom stereocenters. The monoisotopic (exact) mass is 562 g/mol. The lowest BCUT2D eigenvalue weighted by atomic mass is 9.44. The molecule has 0 aromatic carbocycles. The Bertz CT molecular complexity index is 1200. The summed E-state index contributed by atoms with van der Waals surface area (Å²) in [6.45, 7) is 4.77. The van der Waals surface area contributed by atoms with Crippen molar-refractivity contribution in [2.75, 3.05) is 12.4 Å². The molecule has 0 unspecified atom stereocenters. The highest BCUT2D eigenvalue weighted by molar-refractivity contribution is 8.14. The van der Waals surface area contributed by atoms with E-state index in [1.54, 1.807) is 6.92 Å². The number of rotatable bonds is 4. The number of ketones is 1. The highest BCUT2D eigenvalue weighted by Gasteiger charge is 2.78. The first-order valence-electron chi connectivity index (χ1n) is 13.8. The van der Waals surface area contributed by atoms with Gasteiger partial charge >= 0.3 is 5.97 Å². The fourth-order valence-electron chi connectivity index (χ4n) is 8.42. The van der Waals surface area contributed by atoms with Crippen molar-refractivity contribution in [3.63, 3.8) is 0 Å². The Hall–Kier alpha value is -2.02. The predicted octanol–water partition coefficient (Wildman–Crippen LogP) is 3.89. The molecule has 4 fully saturated rings. The minimum Gasteiger partial charge on any atom is -0.449 e. The summed E-state index contributed by atoms with van der Waals surface area (Å²) in [4.78, 5) is 39.4. The quantitative estimate of drug-likeness (QED) is 0.396. The van der Waals surface area contributed by atoms with Crippen LogP contribution in [0.5, 0.6) is 0 Å². The van der Waals surface area contributed by atoms with Gasteiger partial charge in [-0.2, -0.15) is 0 Å². The topological polar surface area (TPSA) is 101 Å². The van der Waals surface area contributed by atoms with Crippen molar-refractivity contribution in [3.8, 4) is 11.8 Å². The zero-order chi connectivity index (χ0) is 28.4. The number of hydrogen-bond donors (Lipinski definition) is 2. The maximum absolute atomic E-state index is 17.5. The van der Waals surface area contributed by atoms with Gasteiger partial charge in [0.15, 0.2) is 17.1 Å². The Morgan fingerprint density at radius 1 is 1.21 bits per heavy atom. The van der Waals surface area contributed by atoms with E-state index in [0.717, 1.165) is 24.3 Å². The zero-order valence-corrected chi connectivity index (χ0v) is 23.4. The second-order valence-electron chi connectivity index (χ2n) is 12.4. The highest BCUT2D eigenvalue weighted by atomic mass is 32.2. The summed E-state index contributed by atoms with van der Waals surface area (Å²) in [7, 11) is 0. The van der Waals surface area contributed by atoms with Gasteiger partial charge in [0.2, 0.25) is 5.12 Å². The molecule has 39 heavy (non-hydrogen) atoms. The molecule has 0 heterocycles. The van der Waals surface area contributed by atoms with Crippen molar-refractivity contribution in [1.29, 1.82) is 0 Å². The average molecular weight is 563 g/mol. The molecule has 0 aromatic heterocycles. The van der Waals surface area contributed by atoms with Gasteiger partial charge < -0.3 is 14.9 Å². The molecule has 9 heteroatoms. The standard InChI is InChI=1S/C30H36F2O6S/c1-17-13-20-21-15-23(31)22-14-19(34)9-10-27(22,2)29(21,32)24(35)16-28(20,3)30(17,26(37)39-12-5-4-11-33)38-25(36)18-7-6-8-18/h9-10,14,17-18,20-21,23-24,33,35H,6-8,11-13,15-16H2,1-3H3/t17-,20+,21+,23+,24+,27+,28+,29+,30+/m1/s1. The molecule has 5 aliphatic rings. The number of carbonyl (C=O) groups is 3. The fraction of sp³-hybridized carbons (Fsp3) is 0.700. The first kappa shape index (κ1) is 28.5. The molecular formula is C30H36F2O6S. The van der Waals surface area contributed by atoms with Gasteiger partial charge in [-0.3, -0.25) is 14.4 Å². The van der Waals surface area contributed by atoms with Crippen LogP contribution in [0.1, 0.15) is 59.3 Å². The van der Waals surface area contributed by atoms with E-state index < -0.39 is 69.0 Å². The smallest absolute Gasteiger partial charge is 0.309 e. The first-order chi connectivity index (χ1) is 18.4. The zero-order valence-electron chi connectivity index (χ0n) is 22.5. The number of allylic oxidation sites excluding steroid dienone is 4. The fourth-order valence-corrected chi connectivity index (χ4v) is 9.42. The first-order valence-corrected chi connectivity index (χ1v) is 14.8. The normalized spacial score (nSPS) is 44.6. The summed E-state index contributed by atoms with van der Waals surface area (Å²) in [5.41, 5.74) is -6.58. The Balaban J connectivity index is 1.59. The molecule has 0 radical (unpaired) electrons. The van der Waals surface area contributed by atoms with E-state index in [-0.39, 0.29) is 36.7 Å². The largest absolute Gasteiger partial charge is 0.449 e. The Labute approximate surface area is 232 Å². The lowest BCUT2D eigenvalue weighted by molar-refractivity contribution is -0.230. The van der Waals surface area contributed by atoms with E-state index in [9.17, 15) is 19.5 Å². The molecule has 0 spiro atoms. The van der Waals surface area contributed by atoms with E-state index in [1.165, 1.54) is 19.1 Å². The van der Waals surface area contributed by atoms with Crippen molar-refractivity contribution >= 4 is 28.6 Å². The Kier molecular flexibility index (Phi) is 7.17. The molecule has 6 nitrogen and oxygen atoms in total. The lowest BCUT2D eigenvalue weighted by Crippen LogP contribution is -2.70. The third kappa shape index (κ3) is 3.84.